The second kappa shape index (κ2) is 4.66. The van der Waals surface area contributed by atoms with Gasteiger partial charge in [-0.2, -0.15) is 0 Å². The van der Waals surface area contributed by atoms with Gasteiger partial charge in [0.1, 0.15) is 0 Å². The Morgan fingerprint density at radius 1 is 1.35 bits per heavy atom. The minimum absolute atomic E-state index is 0.168. The third-order valence-corrected chi connectivity index (χ3v) is 3.78. The Morgan fingerprint density at radius 2 is 2.18 bits per heavy atom. The van der Waals surface area contributed by atoms with Crippen molar-refractivity contribution in [3.05, 3.63) is 21.6 Å². The highest BCUT2D eigenvalue weighted by molar-refractivity contribution is 5.18. The SMILES string of the molecule is O=c1c2c([nH]n1CC1CCNCC1)COCC2. The first-order valence-corrected chi connectivity index (χ1v) is 6.43. The van der Waals surface area contributed by atoms with Crippen LogP contribution in [0.15, 0.2) is 4.79 Å². The van der Waals surface area contributed by atoms with Gasteiger partial charge in [-0.15, -0.1) is 0 Å². The van der Waals surface area contributed by atoms with Crippen LogP contribution in [-0.2, 0) is 24.3 Å². The predicted octanol–water partition coefficient (Wildman–Crippen LogP) is 0.249. The minimum Gasteiger partial charge on any atom is -0.375 e. The highest BCUT2D eigenvalue weighted by Crippen LogP contribution is 2.15. The van der Waals surface area contributed by atoms with Crippen molar-refractivity contribution < 1.29 is 4.74 Å². The molecule has 0 aliphatic carbocycles. The monoisotopic (exact) mass is 237 g/mol. The van der Waals surface area contributed by atoms with E-state index in [-0.39, 0.29) is 5.56 Å². The third-order valence-electron chi connectivity index (χ3n) is 3.78. The quantitative estimate of drug-likeness (QED) is 0.775. The van der Waals surface area contributed by atoms with Gasteiger partial charge >= 0.3 is 0 Å². The second-order valence-electron chi connectivity index (χ2n) is 4.98. The van der Waals surface area contributed by atoms with Gasteiger partial charge in [-0.05, 0) is 31.8 Å². The van der Waals surface area contributed by atoms with Crippen LogP contribution in [0.3, 0.4) is 0 Å². The van der Waals surface area contributed by atoms with E-state index in [2.05, 4.69) is 10.4 Å². The number of aromatic amines is 1. The molecule has 2 N–H and O–H groups in total. The van der Waals surface area contributed by atoms with E-state index in [0.717, 1.165) is 50.2 Å². The number of hydrogen-bond acceptors (Lipinski definition) is 3. The predicted molar refractivity (Wildman–Crippen MR) is 64.0 cm³/mol. The van der Waals surface area contributed by atoms with Crippen LogP contribution in [0.2, 0.25) is 0 Å². The van der Waals surface area contributed by atoms with Crippen molar-refractivity contribution in [2.45, 2.75) is 32.4 Å². The summed E-state index contributed by atoms with van der Waals surface area (Å²) in [4.78, 5) is 12.1. The molecule has 1 aromatic rings. The Kier molecular flexibility index (Phi) is 3.03. The molecule has 0 spiro atoms. The largest absolute Gasteiger partial charge is 0.375 e. The van der Waals surface area contributed by atoms with Crippen LogP contribution < -0.4 is 10.9 Å². The highest BCUT2D eigenvalue weighted by Gasteiger charge is 2.20. The normalized spacial score (nSPS) is 21.4. The number of aromatic nitrogens is 2. The Hall–Kier alpha value is -1.07. The number of rotatable bonds is 2. The number of H-pyrrole nitrogens is 1. The third kappa shape index (κ3) is 2.17. The average Bonchev–Trinajstić information content (AvgIpc) is 2.68. The van der Waals surface area contributed by atoms with Crippen molar-refractivity contribution in [2.75, 3.05) is 19.7 Å². The van der Waals surface area contributed by atoms with Crippen molar-refractivity contribution in [3.8, 4) is 0 Å². The van der Waals surface area contributed by atoms with Crippen LogP contribution in [0.5, 0.6) is 0 Å². The molecule has 0 radical (unpaired) electrons. The molecular weight excluding hydrogens is 218 g/mol. The van der Waals surface area contributed by atoms with Gasteiger partial charge < -0.3 is 10.1 Å². The molecule has 0 aromatic carbocycles. The standard InChI is InChI=1S/C12H19N3O2/c16-12-10-3-6-17-8-11(10)14-15(12)7-9-1-4-13-5-2-9/h9,13-14H,1-8H2. The molecule has 2 aliphatic rings. The average molecular weight is 237 g/mol. The fraction of sp³-hybridized carbons (Fsp3) is 0.750. The van der Waals surface area contributed by atoms with E-state index in [4.69, 9.17) is 4.74 Å². The Morgan fingerprint density at radius 3 is 2.94 bits per heavy atom. The smallest absolute Gasteiger partial charge is 0.270 e. The lowest BCUT2D eigenvalue weighted by atomic mass is 9.98. The van der Waals surface area contributed by atoms with Gasteiger partial charge in [0.2, 0.25) is 0 Å². The van der Waals surface area contributed by atoms with E-state index in [9.17, 15) is 4.79 Å². The fourth-order valence-electron chi connectivity index (χ4n) is 2.75. The van der Waals surface area contributed by atoms with Gasteiger partial charge in [0.15, 0.2) is 0 Å². The van der Waals surface area contributed by atoms with Crippen LogP contribution in [0.25, 0.3) is 0 Å². The summed E-state index contributed by atoms with van der Waals surface area (Å²) in [6.45, 7) is 4.21. The molecule has 5 nitrogen and oxygen atoms in total. The first kappa shape index (κ1) is 11.0. The zero-order chi connectivity index (χ0) is 11.7. The maximum atomic E-state index is 12.1. The topological polar surface area (TPSA) is 59.0 Å². The molecule has 3 heterocycles. The molecule has 1 fully saturated rings. The first-order chi connectivity index (χ1) is 8.34. The molecule has 5 heteroatoms. The van der Waals surface area contributed by atoms with Crippen LogP contribution in [0.4, 0.5) is 0 Å². The molecule has 0 amide bonds. The number of fused-ring (bicyclic) bond motifs is 1. The van der Waals surface area contributed by atoms with Crippen LogP contribution >= 0.6 is 0 Å². The Labute approximate surface area is 100 Å². The number of nitrogens with zero attached hydrogens (tertiary/aromatic N) is 1. The summed E-state index contributed by atoms with van der Waals surface area (Å²) in [5.41, 5.74) is 2.09. The van der Waals surface area contributed by atoms with Gasteiger partial charge in [0.25, 0.3) is 5.56 Å². The van der Waals surface area contributed by atoms with E-state index in [1.807, 2.05) is 0 Å². The van der Waals surface area contributed by atoms with Crippen molar-refractivity contribution in [1.29, 1.82) is 0 Å². The lowest BCUT2D eigenvalue weighted by Gasteiger charge is -2.22. The summed E-state index contributed by atoms with van der Waals surface area (Å²) in [6.07, 6.45) is 3.07. The van der Waals surface area contributed by atoms with Gasteiger partial charge in [-0.25, -0.2) is 0 Å². The molecule has 0 atom stereocenters. The molecule has 3 rings (SSSR count). The number of ether oxygens (including phenoxy) is 1. The molecule has 1 saturated heterocycles. The molecule has 1 aromatic heterocycles. The molecule has 17 heavy (non-hydrogen) atoms. The maximum absolute atomic E-state index is 12.1. The molecule has 0 unspecified atom stereocenters. The maximum Gasteiger partial charge on any atom is 0.270 e. The zero-order valence-corrected chi connectivity index (χ0v) is 10.00. The zero-order valence-electron chi connectivity index (χ0n) is 10.00. The Balaban J connectivity index is 1.78. The van der Waals surface area contributed by atoms with Crippen LogP contribution in [0, 0.1) is 5.92 Å². The lowest BCUT2D eigenvalue weighted by molar-refractivity contribution is 0.107. The van der Waals surface area contributed by atoms with Gasteiger partial charge in [0, 0.05) is 18.5 Å². The van der Waals surface area contributed by atoms with E-state index in [1.54, 1.807) is 4.68 Å². The summed E-state index contributed by atoms with van der Waals surface area (Å²) < 4.78 is 7.15. The second-order valence-corrected chi connectivity index (χ2v) is 4.98. The van der Waals surface area contributed by atoms with Crippen LogP contribution in [0.1, 0.15) is 24.1 Å². The van der Waals surface area contributed by atoms with Crippen molar-refractivity contribution in [3.63, 3.8) is 0 Å². The summed E-state index contributed by atoms with van der Waals surface area (Å²) in [5, 5.41) is 6.55. The number of nitrogens with one attached hydrogen (secondary N) is 2. The van der Waals surface area contributed by atoms with E-state index >= 15 is 0 Å². The van der Waals surface area contributed by atoms with Gasteiger partial charge in [-0.1, -0.05) is 0 Å². The summed E-state index contributed by atoms with van der Waals surface area (Å²) in [6, 6.07) is 0. The van der Waals surface area contributed by atoms with E-state index < -0.39 is 0 Å². The molecule has 0 bridgehead atoms. The number of piperidine rings is 1. The lowest BCUT2D eigenvalue weighted by Crippen LogP contribution is -2.32. The fourth-order valence-corrected chi connectivity index (χ4v) is 2.75. The van der Waals surface area contributed by atoms with E-state index in [1.165, 1.54) is 0 Å². The minimum atomic E-state index is 0.168. The molecule has 0 saturated carbocycles. The van der Waals surface area contributed by atoms with E-state index in [0.29, 0.717) is 19.1 Å². The summed E-state index contributed by atoms with van der Waals surface area (Å²) in [7, 11) is 0. The molecule has 2 aliphatic heterocycles. The van der Waals surface area contributed by atoms with Gasteiger partial charge in [-0.3, -0.25) is 14.6 Å². The molecule has 94 valence electrons. The summed E-state index contributed by atoms with van der Waals surface area (Å²) in [5.74, 6) is 0.620. The van der Waals surface area contributed by atoms with Crippen molar-refractivity contribution in [2.24, 2.45) is 5.92 Å². The first-order valence-electron chi connectivity index (χ1n) is 6.43. The molecular formula is C12H19N3O2. The summed E-state index contributed by atoms with van der Waals surface area (Å²) >= 11 is 0. The van der Waals surface area contributed by atoms with Gasteiger partial charge in [0.05, 0.1) is 18.9 Å². The Bertz CT molecular complexity index is 443. The number of hydrogen-bond donors (Lipinski definition) is 2. The highest BCUT2D eigenvalue weighted by atomic mass is 16.5. The van der Waals surface area contributed by atoms with Crippen molar-refractivity contribution >= 4 is 0 Å². The van der Waals surface area contributed by atoms with Crippen LogP contribution in [-0.4, -0.2) is 29.5 Å². The van der Waals surface area contributed by atoms with Crippen molar-refractivity contribution in [1.82, 2.24) is 15.1 Å².